The molecule has 1 fully saturated rings. The molecule has 3 atom stereocenters. The molecule has 0 saturated carbocycles. The van der Waals surface area contributed by atoms with Gasteiger partial charge in [-0.2, -0.15) is 0 Å². The number of rotatable bonds is 4. The molecule has 22 heavy (non-hydrogen) atoms. The molecule has 7 heteroatoms. The Morgan fingerprint density at radius 2 is 1.91 bits per heavy atom. The Morgan fingerprint density at radius 3 is 2.59 bits per heavy atom. The topological polar surface area (TPSA) is 74.0 Å². The van der Waals surface area contributed by atoms with E-state index in [4.69, 9.17) is 19.7 Å². The standard InChI is InChI=1S/C15H21N2O4P/c16-13(15(18)17-5-1-2-6-17)14(21-22)10-3-4-11-12(9-10)20-8-7-19-11/h3-4,9,13-14H,1-2,5-8,16,22H2. The molecule has 3 unspecified atom stereocenters. The number of nitrogens with zero attached hydrogens (tertiary/aromatic N) is 1. The maximum Gasteiger partial charge on any atom is 0.242 e. The second-order valence-corrected chi connectivity index (χ2v) is 5.79. The van der Waals surface area contributed by atoms with Gasteiger partial charge in [-0.3, -0.25) is 4.79 Å². The highest BCUT2D eigenvalue weighted by Gasteiger charge is 2.32. The van der Waals surface area contributed by atoms with E-state index in [1.807, 2.05) is 18.2 Å². The first-order chi connectivity index (χ1) is 10.7. The first-order valence-corrected chi connectivity index (χ1v) is 7.97. The Morgan fingerprint density at radius 1 is 1.23 bits per heavy atom. The summed E-state index contributed by atoms with van der Waals surface area (Å²) in [6, 6.07) is 4.78. The van der Waals surface area contributed by atoms with Crippen LogP contribution in [0, 0.1) is 0 Å². The third-order valence-electron chi connectivity index (χ3n) is 4.07. The lowest BCUT2D eigenvalue weighted by Gasteiger charge is -2.27. The minimum absolute atomic E-state index is 0.0696. The maximum absolute atomic E-state index is 12.5. The lowest BCUT2D eigenvalue weighted by atomic mass is 10.0. The Balaban J connectivity index is 1.79. The van der Waals surface area contributed by atoms with Crippen LogP contribution in [0.2, 0.25) is 0 Å². The number of benzene rings is 1. The van der Waals surface area contributed by atoms with Crippen LogP contribution in [-0.2, 0) is 9.32 Å². The van der Waals surface area contributed by atoms with Crippen molar-refractivity contribution in [3.63, 3.8) is 0 Å². The number of carbonyl (C=O) groups excluding carboxylic acids is 1. The molecule has 0 spiro atoms. The van der Waals surface area contributed by atoms with Gasteiger partial charge in [0.15, 0.2) is 11.5 Å². The van der Waals surface area contributed by atoms with Crippen LogP contribution in [0.1, 0.15) is 24.5 Å². The van der Waals surface area contributed by atoms with Gasteiger partial charge in [-0.25, -0.2) is 0 Å². The Bertz CT molecular complexity index is 548. The molecule has 1 aromatic carbocycles. The highest BCUT2D eigenvalue weighted by Crippen LogP contribution is 2.35. The van der Waals surface area contributed by atoms with E-state index in [2.05, 4.69) is 9.47 Å². The predicted octanol–water partition coefficient (Wildman–Crippen LogP) is 1.26. The summed E-state index contributed by atoms with van der Waals surface area (Å²) in [5.74, 6) is 1.30. The molecule has 6 nitrogen and oxygen atoms in total. The quantitative estimate of drug-likeness (QED) is 0.844. The zero-order valence-corrected chi connectivity index (χ0v) is 13.5. The zero-order valence-electron chi connectivity index (χ0n) is 12.4. The van der Waals surface area contributed by atoms with Gasteiger partial charge in [0.2, 0.25) is 5.91 Å². The Labute approximate surface area is 132 Å². The number of carbonyl (C=O) groups is 1. The van der Waals surface area contributed by atoms with Crippen LogP contribution in [-0.4, -0.2) is 43.2 Å². The second kappa shape index (κ2) is 6.82. The number of likely N-dealkylation sites (tertiary alicyclic amines) is 1. The predicted molar refractivity (Wildman–Crippen MR) is 84.8 cm³/mol. The van der Waals surface area contributed by atoms with Gasteiger partial charge < -0.3 is 24.6 Å². The van der Waals surface area contributed by atoms with Crippen LogP contribution in [0.4, 0.5) is 0 Å². The van der Waals surface area contributed by atoms with Gasteiger partial charge in [0.25, 0.3) is 0 Å². The SMILES string of the molecule is NC(C(=O)N1CCCC1)C(OP)c1ccc2c(c1)OCCO2. The van der Waals surface area contributed by atoms with Gasteiger partial charge in [0, 0.05) is 22.6 Å². The summed E-state index contributed by atoms with van der Waals surface area (Å²) >= 11 is 0. The summed E-state index contributed by atoms with van der Waals surface area (Å²) in [5, 5.41) is 0. The van der Waals surface area contributed by atoms with Gasteiger partial charge in [-0.05, 0) is 30.5 Å². The van der Waals surface area contributed by atoms with E-state index in [1.165, 1.54) is 0 Å². The minimum Gasteiger partial charge on any atom is -0.486 e. The van der Waals surface area contributed by atoms with Gasteiger partial charge in [-0.15, -0.1) is 0 Å². The van der Waals surface area contributed by atoms with Crippen LogP contribution in [0.5, 0.6) is 11.5 Å². The Kier molecular flexibility index (Phi) is 4.81. The van der Waals surface area contributed by atoms with Crippen molar-refractivity contribution in [3.05, 3.63) is 23.8 Å². The van der Waals surface area contributed by atoms with E-state index in [0.717, 1.165) is 31.5 Å². The molecule has 3 rings (SSSR count). The number of hydrogen-bond acceptors (Lipinski definition) is 5. The molecule has 2 aliphatic rings. The van der Waals surface area contributed by atoms with Gasteiger partial charge in [0.1, 0.15) is 25.4 Å². The van der Waals surface area contributed by atoms with E-state index >= 15 is 0 Å². The normalized spacial score (nSPS) is 19.8. The van der Waals surface area contributed by atoms with E-state index in [9.17, 15) is 4.79 Å². The molecule has 1 saturated heterocycles. The molecule has 0 aromatic heterocycles. The molecule has 0 radical (unpaired) electrons. The minimum atomic E-state index is -0.738. The summed E-state index contributed by atoms with van der Waals surface area (Å²) in [5.41, 5.74) is 6.96. The smallest absolute Gasteiger partial charge is 0.242 e. The van der Waals surface area contributed by atoms with E-state index in [0.29, 0.717) is 24.7 Å². The summed E-state index contributed by atoms with van der Waals surface area (Å²) in [4.78, 5) is 14.3. The van der Waals surface area contributed by atoms with Crippen LogP contribution >= 0.6 is 9.47 Å². The summed E-state index contributed by atoms with van der Waals surface area (Å²) in [7, 11) is 2.21. The van der Waals surface area contributed by atoms with Crippen molar-refractivity contribution in [1.82, 2.24) is 4.90 Å². The molecule has 1 aromatic rings. The first-order valence-electron chi connectivity index (χ1n) is 7.50. The fraction of sp³-hybridized carbons (Fsp3) is 0.533. The molecule has 2 heterocycles. The van der Waals surface area contributed by atoms with Crippen LogP contribution in [0.3, 0.4) is 0 Å². The molecule has 2 aliphatic heterocycles. The number of hydrogen-bond donors (Lipinski definition) is 1. The van der Waals surface area contributed by atoms with Gasteiger partial charge in [-0.1, -0.05) is 6.07 Å². The fourth-order valence-electron chi connectivity index (χ4n) is 2.89. The maximum atomic E-state index is 12.5. The first kappa shape index (κ1) is 15.5. The zero-order chi connectivity index (χ0) is 15.5. The third-order valence-corrected chi connectivity index (χ3v) is 4.36. The van der Waals surface area contributed by atoms with E-state index in [-0.39, 0.29) is 5.91 Å². The van der Waals surface area contributed by atoms with Crippen LogP contribution in [0.15, 0.2) is 18.2 Å². The summed E-state index contributed by atoms with van der Waals surface area (Å²) in [6.07, 6.45) is 1.54. The molecule has 0 bridgehead atoms. The summed E-state index contributed by atoms with van der Waals surface area (Å²) < 4.78 is 16.5. The van der Waals surface area contributed by atoms with E-state index in [1.54, 1.807) is 4.90 Å². The van der Waals surface area contributed by atoms with Crippen molar-refractivity contribution in [1.29, 1.82) is 0 Å². The largest absolute Gasteiger partial charge is 0.486 e. The van der Waals surface area contributed by atoms with Crippen molar-refractivity contribution < 1.29 is 18.8 Å². The van der Waals surface area contributed by atoms with Crippen molar-refractivity contribution in [2.24, 2.45) is 5.73 Å². The van der Waals surface area contributed by atoms with Gasteiger partial charge in [0.05, 0.1) is 0 Å². The van der Waals surface area contributed by atoms with Crippen molar-refractivity contribution in [2.75, 3.05) is 26.3 Å². The monoisotopic (exact) mass is 324 g/mol. The van der Waals surface area contributed by atoms with Crippen molar-refractivity contribution in [3.8, 4) is 11.5 Å². The number of amides is 1. The van der Waals surface area contributed by atoms with Crippen molar-refractivity contribution >= 4 is 15.4 Å². The van der Waals surface area contributed by atoms with Crippen LogP contribution in [0.25, 0.3) is 0 Å². The highest BCUT2D eigenvalue weighted by atomic mass is 31.0. The molecular weight excluding hydrogens is 303 g/mol. The third kappa shape index (κ3) is 3.05. The van der Waals surface area contributed by atoms with E-state index < -0.39 is 12.1 Å². The average Bonchev–Trinajstić information content (AvgIpc) is 3.09. The number of nitrogens with two attached hydrogens (primary N) is 1. The number of ether oxygens (including phenoxy) is 2. The highest BCUT2D eigenvalue weighted by molar-refractivity contribution is 7.09. The number of fused-ring (bicyclic) bond motifs is 1. The van der Waals surface area contributed by atoms with Gasteiger partial charge >= 0.3 is 0 Å². The molecule has 2 N–H and O–H groups in total. The Hall–Kier alpha value is -1.36. The average molecular weight is 324 g/mol. The lowest BCUT2D eigenvalue weighted by Crippen LogP contribution is -2.46. The van der Waals surface area contributed by atoms with Crippen LogP contribution < -0.4 is 15.2 Å². The molecule has 1 amide bonds. The molecule has 0 aliphatic carbocycles. The second-order valence-electron chi connectivity index (χ2n) is 5.52. The molecule has 120 valence electrons. The lowest BCUT2D eigenvalue weighted by molar-refractivity contribution is -0.133. The molecular formula is C15H21N2O4P. The summed E-state index contributed by atoms with van der Waals surface area (Å²) in [6.45, 7) is 2.61. The fourth-order valence-corrected chi connectivity index (χ4v) is 3.21. The van der Waals surface area contributed by atoms with Crippen molar-refractivity contribution in [2.45, 2.75) is 25.0 Å².